The number of nitriles is 1. The van der Waals surface area contributed by atoms with Gasteiger partial charge in [-0.05, 0) is 20.5 Å². The van der Waals surface area contributed by atoms with Gasteiger partial charge in [-0.15, -0.1) is 0 Å². The summed E-state index contributed by atoms with van der Waals surface area (Å²) in [7, 11) is 2.05. The van der Waals surface area contributed by atoms with E-state index < -0.39 is 0 Å². The molecule has 0 heterocycles. The minimum atomic E-state index is 0.369. The molecular weight excluding hydrogens is 150 g/mol. The standard InChI is InChI=1S/C9H19N3/c1-4-11-7-8-12(3)9(2)5-6-10/h9,11H,4-5,7-8H2,1-3H3. The van der Waals surface area contributed by atoms with Crippen LogP contribution < -0.4 is 5.32 Å². The molecule has 0 fully saturated rings. The first-order valence-electron chi connectivity index (χ1n) is 4.50. The molecule has 0 aromatic heterocycles. The molecule has 0 bridgehead atoms. The first kappa shape index (κ1) is 11.4. The lowest BCUT2D eigenvalue weighted by Gasteiger charge is -2.22. The van der Waals surface area contributed by atoms with Crippen LogP contribution in [0.25, 0.3) is 0 Å². The van der Waals surface area contributed by atoms with Crippen LogP contribution in [0.4, 0.5) is 0 Å². The van der Waals surface area contributed by atoms with Crippen LogP contribution in [0.1, 0.15) is 20.3 Å². The minimum Gasteiger partial charge on any atom is -0.316 e. The van der Waals surface area contributed by atoms with E-state index in [4.69, 9.17) is 5.26 Å². The number of nitrogens with one attached hydrogen (secondary N) is 1. The number of hydrogen-bond donors (Lipinski definition) is 1. The molecule has 1 atom stereocenters. The van der Waals surface area contributed by atoms with Gasteiger partial charge in [-0.2, -0.15) is 5.26 Å². The van der Waals surface area contributed by atoms with Gasteiger partial charge in [-0.25, -0.2) is 0 Å². The molecule has 0 spiro atoms. The van der Waals surface area contributed by atoms with E-state index in [0.29, 0.717) is 12.5 Å². The normalized spacial score (nSPS) is 12.9. The largest absolute Gasteiger partial charge is 0.316 e. The van der Waals surface area contributed by atoms with E-state index in [0.717, 1.165) is 19.6 Å². The summed E-state index contributed by atoms with van der Waals surface area (Å²) < 4.78 is 0. The van der Waals surface area contributed by atoms with Crippen molar-refractivity contribution in [3.05, 3.63) is 0 Å². The Morgan fingerprint density at radius 3 is 2.75 bits per heavy atom. The van der Waals surface area contributed by atoms with E-state index in [9.17, 15) is 0 Å². The van der Waals surface area contributed by atoms with Crippen molar-refractivity contribution in [2.24, 2.45) is 0 Å². The smallest absolute Gasteiger partial charge is 0.0638 e. The SMILES string of the molecule is CCNCCN(C)C(C)CC#N. The van der Waals surface area contributed by atoms with E-state index in [1.165, 1.54) is 0 Å². The Labute approximate surface area is 75.4 Å². The average molecular weight is 169 g/mol. The van der Waals surface area contributed by atoms with E-state index in [2.05, 4.69) is 37.2 Å². The molecule has 0 aliphatic heterocycles. The summed E-state index contributed by atoms with van der Waals surface area (Å²) in [6.45, 7) is 7.20. The van der Waals surface area contributed by atoms with Crippen LogP contribution in [-0.2, 0) is 0 Å². The van der Waals surface area contributed by atoms with Crippen LogP contribution in [0.2, 0.25) is 0 Å². The summed E-state index contributed by atoms with van der Waals surface area (Å²) >= 11 is 0. The molecule has 0 aromatic carbocycles. The van der Waals surface area contributed by atoms with Gasteiger partial charge in [0.1, 0.15) is 0 Å². The molecule has 0 radical (unpaired) electrons. The molecular formula is C9H19N3. The number of likely N-dealkylation sites (N-methyl/N-ethyl adjacent to an activating group) is 2. The maximum Gasteiger partial charge on any atom is 0.0638 e. The van der Waals surface area contributed by atoms with E-state index in [1.807, 2.05) is 0 Å². The van der Waals surface area contributed by atoms with Crippen LogP contribution in [0, 0.1) is 11.3 Å². The van der Waals surface area contributed by atoms with Crippen LogP contribution in [0.3, 0.4) is 0 Å². The summed E-state index contributed by atoms with van der Waals surface area (Å²) in [5.74, 6) is 0. The molecule has 0 rings (SSSR count). The molecule has 0 saturated carbocycles. The number of nitrogens with zero attached hydrogens (tertiary/aromatic N) is 2. The quantitative estimate of drug-likeness (QED) is 0.599. The summed E-state index contributed by atoms with van der Waals surface area (Å²) in [5, 5.41) is 11.7. The minimum absolute atomic E-state index is 0.369. The third-order valence-corrected chi connectivity index (χ3v) is 2.03. The van der Waals surface area contributed by atoms with Gasteiger partial charge in [0.15, 0.2) is 0 Å². The molecule has 0 saturated heterocycles. The zero-order chi connectivity index (χ0) is 9.40. The lowest BCUT2D eigenvalue weighted by molar-refractivity contribution is 0.261. The van der Waals surface area contributed by atoms with Crippen molar-refractivity contribution < 1.29 is 0 Å². The fraction of sp³-hybridized carbons (Fsp3) is 0.889. The molecule has 0 aromatic rings. The van der Waals surface area contributed by atoms with E-state index >= 15 is 0 Å². The Morgan fingerprint density at radius 2 is 2.25 bits per heavy atom. The first-order valence-corrected chi connectivity index (χ1v) is 4.50. The van der Waals surface area contributed by atoms with Crippen LogP contribution >= 0.6 is 0 Å². The van der Waals surface area contributed by atoms with Gasteiger partial charge in [0, 0.05) is 19.1 Å². The van der Waals surface area contributed by atoms with Crippen LogP contribution in [0.15, 0.2) is 0 Å². The van der Waals surface area contributed by atoms with Gasteiger partial charge in [0.2, 0.25) is 0 Å². The third kappa shape index (κ3) is 5.11. The van der Waals surface area contributed by atoms with Gasteiger partial charge < -0.3 is 10.2 Å². The van der Waals surface area contributed by atoms with Crippen molar-refractivity contribution in [1.82, 2.24) is 10.2 Å². The second kappa shape index (κ2) is 7.08. The highest BCUT2D eigenvalue weighted by Gasteiger charge is 2.06. The monoisotopic (exact) mass is 169 g/mol. The molecule has 0 aliphatic rings. The fourth-order valence-corrected chi connectivity index (χ4v) is 0.941. The zero-order valence-corrected chi connectivity index (χ0v) is 8.30. The van der Waals surface area contributed by atoms with Crippen molar-refractivity contribution in [3.8, 4) is 6.07 Å². The highest BCUT2D eigenvalue weighted by Crippen LogP contribution is 1.97. The van der Waals surface area contributed by atoms with Crippen molar-refractivity contribution >= 4 is 0 Å². The number of hydrogen-bond acceptors (Lipinski definition) is 3. The van der Waals surface area contributed by atoms with Crippen LogP contribution in [0.5, 0.6) is 0 Å². The maximum absolute atomic E-state index is 8.46. The molecule has 3 nitrogen and oxygen atoms in total. The fourth-order valence-electron chi connectivity index (χ4n) is 0.941. The van der Waals surface area contributed by atoms with E-state index in [1.54, 1.807) is 0 Å². The van der Waals surface area contributed by atoms with Gasteiger partial charge in [-0.3, -0.25) is 0 Å². The average Bonchev–Trinajstić information content (AvgIpc) is 2.05. The summed E-state index contributed by atoms with van der Waals surface area (Å²) in [6, 6.07) is 2.55. The Morgan fingerprint density at radius 1 is 1.58 bits per heavy atom. The van der Waals surface area contributed by atoms with Crippen LogP contribution in [-0.4, -0.2) is 37.6 Å². The lowest BCUT2D eigenvalue weighted by Crippen LogP contribution is -2.35. The Kier molecular flexibility index (Phi) is 6.73. The van der Waals surface area contributed by atoms with Gasteiger partial charge >= 0.3 is 0 Å². The van der Waals surface area contributed by atoms with Gasteiger partial charge in [0.25, 0.3) is 0 Å². The second-order valence-electron chi connectivity index (χ2n) is 3.05. The van der Waals surface area contributed by atoms with Gasteiger partial charge in [0.05, 0.1) is 12.5 Å². The van der Waals surface area contributed by atoms with Crippen molar-refractivity contribution in [1.29, 1.82) is 5.26 Å². The Balaban J connectivity index is 3.43. The predicted molar refractivity (Wildman–Crippen MR) is 50.9 cm³/mol. The summed E-state index contributed by atoms with van der Waals surface area (Å²) in [6.07, 6.45) is 0.614. The molecule has 1 unspecified atom stereocenters. The molecule has 1 N–H and O–H groups in total. The predicted octanol–water partition coefficient (Wildman–Crippen LogP) is 0.830. The molecule has 0 aliphatic carbocycles. The van der Waals surface area contributed by atoms with Gasteiger partial charge in [-0.1, -0.05) is 6.92 Å². The first-order chi connectivity index (χ1) is 5.72. The molecule has 70 valence electrons. The highest BCUT2D eigenvalue weighted by molar-refractivity contribution is 4.78. The highest BCUT2D eigenvalue weighted by atomic mass is 15.1. The number of rotatable bonds is 6. The lowest BCUT2D eigenvalue weighted by atomic mass is 10.2. The van der Waals surface area contributed by atoms with E-state index in [-0.39, 0.29) is 0 Å². The second-order valence-corrected chi connectivity index (χ2v) is 3.05. The topological polar surface area (TPSA) is 39.1 Å². The summed E-state index contributed by atoms with van der Waals surface area (Å²) in [4.78, 5) is 2.20. The van der Waals surface area contributed by atoms with Crippen molar-refractivity contribution in [2.45, 2.75) is 26.3 Å². The Bertz CT molecular complexity index is 139. The zero-order valence-electron chi connectivity index (χ0n) is 8.30. The van der Waals surface area contributed by atoms with Crippen molar-refractivity contribution in [3.63, 3.8) is 0 Å². The molecule has 3 heteroatoms. The van der Waals surface area contributed by atoms with Crippen molar-refractivity contribution in [2.75, 3.05) is 26.7 Å². The Hall–Kier alpha value is -0.590. The molecule has 12 heavy (non-hydrogen) atoms. The third-order valence-electron chi connectivity index (χ3n) is 2.03. The molecule has 0 amide bonds. The maximum atomic E-state index is 8.46. The summed E-state index contributed by atoms with van der Waals surface area (Å²) in [5.41, 5.74) is 0.